The van der Waals surface area contributed by atoms with Gasteiger partial charge < -0.3 is 4.90 Å². The largest absolute Gasteiger partial charge is 0.336 e. The summed E-state index contributed by atoms with van der Waals surface area (Å²) in [5.41, 5.74) is 7.17. The van der Waals surface area contributed by atoms with Gasteiger partial charge in [-0.1, -0.05) is 103 Å². The molecule has 1 aliphatic rings. The van der Waals surface area contributed by atoms with Crippen LogP contribution >= 0.6 is 0 Å². The molecule has 2 heterocycles. The van der Waals surface area contributed by atoms with Crippen LogP contribution < -0.4 is 0 Å². The van der Waals surface area contributed by atoms with Crippen LogP contribution in [0.3, 0.4) is 0 Å². The number of amides is 1. The van der Waals surface area contributed by atoms with Crippen LogP contribution in [0.15, 0.2) is 115 Å². The number of nitrogens with zero attached hydrogens (tertiary/aromatic N) is 3. The highest BCUT2D eigenvalue weighted by atomic mass is 16.2. The normalized spacial score (nSPS) is 14.2. The molecule has 4 aromatic carbocycles. The Morgan fingerprint density at radius 1 is 0.711 bits per heavy atom. The first kappa shape index (κ1) is 24.1. The summed E-state index contributed by atoms with van der Waals surface area (Å²) in [5.74, 6) is 0.0770. The van der Waals surface area contributed by atoms with Gasteiger partial charge in [0, 0.05) is 37.1 Å². The Kier molecular flexibility index (Phi) is 6.72. The van der Waals surface area contributed by atoms with Gasteiger partial charge in [-0.15, -0.1) is 0 Å². The molecule has 0 spiro atoms. The molecule has 38 heavy (non-hydrogen) atoms. The Hall–Kier alpha value is -4.28. The molecule has 0 N–H and O–H groups in total. The fourth-order valence-corrected chi connectivity index (χ4v) is 5.54. The molecule has 1 aliphatic heterocycles. The topological polar surface area (TPSA) is 36.4 Å². The third-order valence-electron chi connectivity index (χ3n) is 7.46. The maximum absolute atomic E-state index is 14.0. The first-order valence-corrected chi connectivity index (χ1v) is 13.3. The molecule has 5 aromatic rings. The van der Waals surface area contributed by atoms with Crippen LogP contribution in [0.5, 0.6) is 0 Å². The van der Waals surface area contributed by atoms with Crippen LogP contribution in [-0.2, 0) is 0 Å². The van der Waals surface area contributed by atoms with Gasteiger partial charge in [-0.2, -0.15) is 0 Å². The summed E-state index contributed by atoms with van der Waals surface area (Å²) >= 11 is 0. The van der Waals surface area contributed by atoms with Crippen LogP contribution in [0, 0.1) is 6.92 Å². The highest BCUT2D eigenvalue weighted by Gasteiger charge is 2.29. The second-order valence-electron chi connectivity index (χ2n) is 9.99. The lowest BCUT2D eigenvalue weighted by molar-refractivity contribution is 0.0599. The Balaban J connectivity index is 1.28. The molecule has 1 fully saturated rings. The molecule has 1 amide bonds. The fourth-order valence-electron chi connectivity index (χ4n) is 5.54. The van der Waals surface area contributed by atoms with Gasteiger partial charge in [-0.3, -0.25) is 9.69 Å². The average Bonchev–Trinajstić information content (AvgIpc) is 2.98. The van der Waals surface area contributed by atoms with Crippen LogP contribution in [0.4, 0.5) is 0 Å². The molecule has 0 saturated carbocycles. The van der Waals surface area contributed by atoms with Crippen molar-refractivity contribution in [3.05, 3.63) is 138 Å². The summed E-state index contributed by atoms with van der Waals surface area (Å²) in [4.78, 5) is 23.4. The van der Waals surface area contributed by atoms with Gasteiger partial charge in [-0.05, 0) is 36.2 Å². The number of carbonyl (C=O) groups is 1. The van der Waals surface area contributed by atoms with Crippen molar-refractivity contribution in [1.82, 2.24) is 14.8 Å². The molecule has 6 rings (SSSR count). The van der Waals surface area contributed by atoms with E-state index in [0.29, 0.717) is 13.1 Å². The lowest BCUT2D eigenvalue weighted by Gasteiger charge is -2.40. The van der Waals surface area contributed by atoms with Gasteiger partial charge in [0.1, 0.15) is 0 Å². The zero-order valence-electron chi connectivity index (χ0n) is 21.6. The van der Waals surface area contributed by atoms with E-state index in [1.54, 1.807) is 0 Å². The maximum Gasteiger partial charge on any atom is 0.254 e. The van der Waals surface area contributed by atoms with Crippen molar-refractivity contribution in [1.29, 1.82) is 0 Å². The van der Waals surface area contributed by atoms with Crippen molar-refractivity contribution in [2.75, 3.05) is 26.2 Å². The van der Waals surface area contributed by atoms with Crippen molar-refractivity contribution in [2.45, 2.75) is 13.0 Å². The van der Waals surface area contributed by atoms with Crippen molar-refractivity contribution in [3.63, 3.8) is 0 Å². The number of rotatable bonds is 5. The number of benzene rings is 4. The molecular weight excluding hydrogens is 466 g/mol. The summed E-state index contributed by atoms with van der Waals surface area (Å²) in [7, 11) is 0. The summed E-state index contributed by atoms with van der Waals surface area (Å²) < 4.78 is 0. The Morgan fingerprint density at radius 2 is 1.34 bits per heavy atom. The minimum Gasteiger partial charge on any atom is -0.336 e. The first-order chi connectivity index (χ1) is 18.7. The average molecular weight is 498 g/mol. The van der Waals surface area contributed by atoms with E-state index in [9.17, 15) is 4.79 Å². The number of para-hydroxylation sites is 1. The molecule has 0 bridgehead atoms. The minimum absolute atomic E-state index is 0.0770. The maximum atomic E-state index is 14.0. The molecular formula is C34H31N3O. The SMILES string of the molecule is Cc1cccc(-c2cc(C(=O)N3CCN(C(c4ccccc4)c4ccccc4)CC3)c3ccccc3n2)c1. The molecule has 4 nitrogen and oxygen atoms in total. The molecule has 0 aliphatic carbocycles. The molecule has 1 aromatic heterocycles. The van der Waals surface area contributed by atoms with E-state index in [1.165, 1.54) is 16.7 Å². The number of piperazine rings is 1. The predicted molar refractivity (Wildman–Crippen MR) is 154 cm³/mol. The molecule has 1 saturated heterocycles. The van der Waals surface area contributed by atoms with Crippen LogP contribution in [0.2, 0.25) is 0 Å². The van der Waals surface area contributed by atoms with Gasteiger partial charge >= 0.3 is 0 Å². The number of aryl methyl sites for hydroxylation is 1. The molecule has 0 radical (unpaired) electrons. The highest BCUT2D eigenvalue weighted by molar-refractivity contribution is 6.07. The van der Waals surface area contributed by atoms with Crippen LogP contribution in [-0.4, -0.2) is 46.9 Å². The summed E-state index contributed by atoms with van der Waals surface area (Å²) in [6.45, 7) is 5.08. The molecule has 4 heteroatoms. The Morgan fingerprint density at radius 3 is 2.00 bits per heavy atom. The van der Waals surface area contributed by atoms with E-state index in [4.69, 9.17) is 4.98 Å². The van der Waals surface area contributed by atoms with Crippen molar-refractivity contribution in [3.8, 4) is 11.3 Å². The number of carbonyl (C=O) groups excluding carboxylic acids is 1. The standard InChI is InChI=1S/C34H31N3O/c1-25-11-10-16-28(23-25)32-24-30(29-17-8-9-18-31(29)35-32)34(38)37-21-19-36(20-22-37)33(26-12-4-2-5-13-26)27-14-6-3-7-15-27/h2-18,23-24,33H,19-22H2,1H3. The predicted octanol–water partition coefficient (Wildman–Crippen LogP) is 6.76. The zero-order chi connectivity index (χ0) is 25.9. The third-order valence-corrected chi connectivity index (χ3v) is 7.46. The van der Waals surface area contributed by atoms with E-state index >= 15 is 0 Å². The second kappa shape index (κ2) is 10.6. The molecule has 0 unspecified atom stereocenters. The lowest BCUT2D eigenvalue weighted by Crippen LogP contribution is -2.49. The van der Waals surface area contributed by atoms with Gasteiger partial charge in [0.2, 0.25) is 0 Å². The third kappa shape index (κ3) is 4.83. The summed E-state index contributed by atoms with van der Waals surface area (Å²) in [6, 6.07) is 39.7. The van der Waals surface area contributed by atoms with E-state index < -0.39 is 0 Å². The van der Waals surface area contributed by atoms with Gasteiger partial charge in [0.25, 0.3) is 5.91 Å². The quantitative estimate of drug-likeness (QED) is 0.269. The number of hydrogen-bond donors (Lipinski definition) is 0. The van der Waals surface area contributed by atoms with Crippen LogP contribution in [0.1, 0.15) is 33.1 Å². The van der Waals surface area contributed by atoms with E-state index in [2.05, 4.69) is 90.7 Å². The molecule has 188 valence electrons. The van der Waals surface area contributed by atoms with Gasteiger partial charge in [0.15, 0.2) is 0 Å². The van der Waals surface area contributed by atoms with Crippen molar-refractivity contribution in [2.24, 2.45) is 0 Å². The monoisotopic (exact) mass is 497 g/mol. The number of hydrogen-bond acceptors (Lipinski definition) is 3. The first-order valence-electron chi connectivity index (χ1n) is 13.3. The van der Waals surface area contributed by atoms with Gasteiger partial charge in [-0.25, -0.2) is 4.98 Å². The Bertz CT molecular complexity index is 1520. The van der Waals surface area contributed by atoms with Crippen molar-refractivity contribution >= 4 is 16.8 Å². The van der Waals surface area contributed by atoms with E-state index in [0.717, 1.165) is 40.8 Å². The second-order valence-corrected chi connectivity index (χ2v) is 9.99. The molecule has 0 atom stereocenters. The summed E-state index contributed by atoms with van der Waals surface area (Å²) in [6.07, 6.45) is 0. The minimum atomic E-state index is 0.0770. The smallest absolute Gasteiger partial charge is 0.254 e. The fraction of sp³-hybridized carbons (Fsp3) is 0.176. The number of fused-ring (bicyclic) bond motifs is 1. The number of aromatic nitrogens is 1. The van der Waals surface area contributed by atoms with E-state index in [1.807, 2.05) is 41.3 Å². The highest BCUT2D eigenvalue weighted by Crippen LogP contribution is 2.31. The Labute approximate surface area is 224 Å². The van der Waals surface area contributed by atoms with Crippen LogP contribution in [0.25, 0.3) is 22.2 Å². The number of pyridine rings is 1. The van der Waals surface area contributed by atoms with Gasteiger partial charge in [0.05, 0.1) is 22.8 Å². The van der Waals surface area contributed by atoms with Crippen molar-refractivity contribution < 1.29 is 4.79 Å². The van der Waals surface area contributed by atoms with E-state index in [-0.39, 0.29) is 11.9 Å². The summed E-state index contributed by atoms with van der Waals surface area (Å²) in [5, 5.41) is 0.905. The lowest BCUT2D eigenvalue weighted by atomic mass is 9.96. The zero-order valence-corrected chi connectivity index (χ0v) is 21.6.